The lowest BCUT2D eigenvalue weighted by Crippen LogP contribution is -2.70. The number of carbonyl (C=O) groups is 7. The highest BCUT2D eigenvalue weighted by molar-refractivity contribution is 6.29. The summed E-state index contributed by atoms with van der Waals surface area (Å²) < 4.78 is 46.4. The lowest BCUT2D eigenvalue weighted by Gasteiger charge is -2.62. The van der Waals surface area contributed by atoms with Gasteiger partial charge in [0.25, 0.3) is 0 Å². The monoisotopic (exact) mass is 954 g/mol. The third-order valence-electron chi connectivity index (χ3n) is 19.0. The third kappa shape index (κ3) is 6.90. The van der Waals surface area contributed by atoms with Crippen LogP contribution in [0, 0.1) is 57.2 Å². The molecule has 0 saturated heterocycles. The minimum Gasteiger partial charge on any atom is -0.450 e. The molecule has 0 amide bonds. The molecule has 0 bridgehead atoms. The SMILES string of the molecule is CCCC(=O)O[C@]1(C(=O)CCl)[C@@H](C)C[C@H]2[C@@H]3CCC4=CC(=O)C=C[C@]4(C)[C@@]3(F)C(=O)C[C@@]21C.CCCCC(=O)O[C@]1(C(=O)CO)[C@@H](C)C[C@H]2[C@@H]3CCC4=CC(=O)C=C[C@]4(C)[C@@]3(F)[C@@H](O)C[C@@]21C. The van der Waals surface area contributed by atoms with Gasteiger partial charge in [-0.2, -0.15) is 0 Å². The second kappa shape index (κ2) is 17.6. The molecule has 0 aromatic heterocycles. The van der Waals surface area contributed by atoms with Crippen LogP contribution in [0.5, 0.6) is 0 Å². The number of hydrogen-bond donors (Lipinski definition) is 2. The summed E-state index contributed by atoms with van der Waals surface area (Å²) in [7, 11) is 0. The molecule has 14 heteroatoms. The van der Waals surface area contributed by atoms with E-state index in [9.17, 15) is 43.8 Å². The summed E-state index contributed by atoms with van der Waals surface area (Å²) in [5.74, 6) is -6.07. The zero-order valence-electron chi connectivity index (χ0n) is 40.3. The van der Waals surface area contributed by atoms with Crippen LogP contribution in [-0.4, -0.2) is 92.2 Å². The highest BCUT2D eigenvalue weighted by atomic mass is 35.5. The number of hydrogen-bond acceptors (Lipinski definition) is 11. The zero-order chi connectivity index (χ0) is 49.5. The summed E-state index contributed by atoms with van der Waals surface area (Å²) >= 11 is 6.02. The van der Waals surface area contributed by atoms with Crippen LogP contribution in [0.3, 0.4) is 0 Å². The maximum Gasteiger partial charge on any atom is 0.306 e. The fraction of sp³-hybridized carbons (Fsp3) is 0.717. The van der Waals surface area contributed by atoms with Crippen LogP contribution >= 0.6 is 11.6 Å². The molecular formula is C53H69ClF2O11. The minimum atomic E-state index is -2.19. The number of aliphatic hydroxyl groups excluding tert-OH is 2. The highest BCUT2D eigenvalue weighted by Crippen LogP contribution is 2.73. The normalized spacial score (nSPS) is 44.6. The molecular weight excluding hydrogens is 886 g/mol. The fourth-order valence-electron chi connectivity index (χ4n) is 15.7. The van der Waals surface area contributed by atoms with Crippen LogP contribution in [0.25, 0.3) is 0 Å². The van der Waals surface area contributed by atoms with E-state index in [1.807, 2.05) is 34.6 Å². The van der Waals surface area contributed by atoms with E-state index in [1.165, 1.54) is 24.3 Å². The summed E-state index contributed by atoms with van der Waals surface area (Å²) in [5.41, 5.74) is -10.5. The van der Waals surface area contributed by atoms with Crippen LogP contribution in [0.4, 0.5) is 8.78 Å². The van der Waals surface area contributed by atoms with E-state index in [0.717, 1.165) is 6.42 Å². The van der Waals surface area contributed by atoms with Gasteiger partial charge in [-0.05, 0) is 108 Å². The number of halogens is 3. The number of alkyl halides is 3. The molecule has 8 aliphatic carbocycles. The van der Waals surface area contributed by atoms with Crippen LogP contribution in [0.2, 0.25) is 0 Å². The van der Waals surface area contributed by atoms with Crippen molar-refractivity contribution in [1.82, 2.24) is 0 Å². The Hall–Kier alpha value is -3.68. The van der Waals surface area contributed by atoms with Gasteiger partial charge in [-0.1, -0.05) is 71.3 Å². The Balaban J connectivity index is 0.000000199. The van der Waals surface area contributed by atoms with E-state index < -0.39 is 110 Å². The van der Waals surface area contributed by atoms with Crippen LogP contribution in [-0.2, 0) is 43.0 Å². The van der Waals surface area contributed by atoms with E-state index in [0.29, 0.717) is 62.5 Å². The van der Waals surface area contributed by atoms with Gasteiger partial charge >= 0.3 is 11.9 Å². The molecule has 11 nitrogen and oxygen atoms in total. The highest BCUT2D eigenvalue weighted by Gasteiger charge is 2.79. The topological polar surface area (TPSA) is 178 Å². The third-order valence-corrected chi connectivity index (χ3v) is 19.2. The Labute approximate surface area is 397 Å². The molecule has 0 aromatic carbocycles. The number of Topliss-reactive ketones (excluding diaryl/α,β-unsaturated/α-hetero) is 3. The Bertz CT molecular complexity index is 2250. The quantitative estimate of drug-likeness (QED) is 0.150. The number of esters is 2. The number of unbranched alkanes of at least 4 members (excludes halogenated alkanes) is 1. The van der Waals surface area contributed by atoms with Crippen molar-refractivity contribution in [2.45, 2.75) is 168 Å². The lowest BCUT2D eigenvalue weighted by atomic mass is 9.44. The summed E-state index contributed by atoms with van der Waals surface area (Å²) in [4.78, 5) is 89.8. The summed E-state index contributed by atoms with van der Waals surface area (Å²) in [6.45, 7) is 13.7. The first kappa shape index (κ1) is 51.2. The fourth-order valence-corrected chi connectivity index (χ4v) is 15.9. The Kier molecular flexibility index (Phi) is 13.5. The van der Waals surface area contributed by atoms with Crippen molar-refractivity contribution >= 4 is 52.5 Å². The zero-order valence-corrected chi connectivity index (χ0v) is 41.1. The number of fused-ring (bicyclic) bond motifs is 10. The lowest BCUT2D eigenvalue weighted by molar-refractivity contribution is -0.228. The molecule has 0 heterocycles. The van der Waals surface area contributed by atoms with Gasteiger partial charge in [0, 0.05) is 64.6 Å². The van der Waals surface area contributed by atoms with Crippen LogP contribution in [0.1, 0.15) is 139 Å². The molecule has 67 heavy (non-hydrogen) atoms. The predicted octanol–water partition coefficient (Wildman–Crippen LogP) is 8.34. The van der Waals surface area contributed by atoms with Gasteiger partial charge in [0.05, 0.1) is 12.0 Å². The molecule has 0 aliphatic heterocycles. The number of ketones is 5. The molecule has 0 unspecified atom stereocenters. The first-order valence-electron chi connectivity index (χ1n) is 24.5. The molecule has 6 fully saturated rings. The maximum absolute atomic E-state index is 17.3. The van der Waals surface area contributed by atoms with Gasteiger partial charge in [0.2, 0.25) is 5.78 Å². The first-order valence-corrected chi connectivity index (χ1v) is 25.0. The first-order chi connectivity index (χ1) is 31.3. The van der Waals surface area contributed by atoms with E-state index in [1.54, 1.807) is 32.9 Å². The number of carbonyl (C=O) groups excluding carboxylic acids is 7. The van der Waals surface area contributed by atoms with Crippen molar-refractivity contribution in [3.63, 3.8) is 0 Å². The minimum absolute atomic E-state index is 0.0769. The van der Waals surface area contributed by atoms with Crippen LogP contribution in [0.15, 0.2) is 47.6 Å². The molecule has 8 aliphatic rings. The van der Waals surface area contributed by atoms with Crippen LogP contribution < -0.4 is 0 Å². The number of allylic oxidation sites excluding steroid dienone is 8. The molecule has 6 saturated carbocycles. The van der Waals surface area contributed by atoms with E-state index >= 15 is 8.78 Å². The van der Waals surface area contributed by atoms with E-state index in [4.69, 9.17) is 21.1 Å². The van der Waals surface area contributed by atoms with Crippen molar-refractivity contribution in [2.24, 2.45) is 57.2 Å². The Morgan fingerprint density at radius 2 is 1.24 bits per heavy atom. The van der Waals surface area contributed by atoms with E-state index in [2.05, 4.69) is 0 Å². The number of ether oxygens (including phenoxy) is 2. The second-order valence-electron chi connectivity index (χ2n) is 22.0. The summed E-state index contributed by atoms with van der Waals surface area (Å²) in [6, 6.07) is 0. The molecule has 0 spiro atoms. The average Bonchev–Trinajstić information content (AvgIpc) is 3.62. The summed E-state index contributed by atoms with van der Waals surface area (Å²) in [5, 5.41) is 21.4. The predicted molar refractivity (Wildman–Crippen MR) is 245 cm³/mol. The molecule has 0 radical (unpaired) electrons. The second-order valence-corrected chi connectivity index (χ2v) is 22.3. The van der Waals surface area contributed by atoms with Crippen molar-refractivity contribution in [3.05, 3.63) is 47.6 Å². The largest absolute Gasteiger partial charge is 0.450 e. The van der Waals surface area contributed by atoms with Crippen molar-refractivity contribution in [1.29, 1.82) is 0 Å². The van der Waals surface area contributed by atoms with Gasteiger partial charge in [-0.25, -0.2) is 8.78 Å². The molecule has 2 N–H and O–H groups in total. The van der Waals surface area contributed by atoms with Gasteiger partial charge in [0.15, 0.2) is 45.7 Å². The Morgan fingerprint density at radius 1 is 0.731 bits per heavy atom. The molecule has 0 aromatic rings. The van der Waals surface area contributed by atoms with Gasteiger partial charge in [-0.15, -0.1) is 11.6 Å². The average molecular weight is 956 g/mol. The van der Waals surface area contributed by atoms with Crippen molar-refractivity contribution in [2.75, 3.05) is 12.5 Å². The molecule has 15 atom stereocenters. The molecule has 8 rings (SSSR count). The number of aliphatic hydroxyl groups is 2. The Morgan fingerprint density at radius 3 is 1.78 bits per heavy atom. The molecule has 368 valence electrons. The van der Waals surface area contributed by atoms with Crippen molar-refractivity contribution < 1.29 is 62.0 Å². The summed E-state index contributed by atoms with van der Waals surface area (Å²) in [6.07, 6.45) is 12.1. The maximum atomic E-state index is 17.3. The van der Waals surface area contributed by atoms with Gasteiger partial charge < -0.3 is 19.7 Å². The smallest absolute Gasteiger partial charge is 0.306 e. The standard InChI is InChI=1S/C27H37FO6.C26H32ClFO5/c1-5-6-7-23(33)34-27(22(32)15-29)16(2)12-20-19-9-8-17-13-18(30)10-11-24(17,3)26(19,28)21(31)14-25(20,27)4;1-5-6-22(32)33-26(21(31)14-27)15(2)11-19-18-8-7-16-12-17(29)9-10-23(16,3)25(18,28)20(30)13-24(19,26)4/h10-11,13,16,19-21,29,31H,5-9,12,14-15H2,1-4H3;9-10,12,15,18-19H,5-8,11,13-14H2,1-4H3/t16-,19-,20-,21-,24-,25-,26-,27-;15-,18-,19-,23-,24-,25-,26-/m00/s1. The van der Waals surface area contributed by atoms with Gasteiger partial charge in [0.1, 0.15) is 6.61 Å². The number of rotatable bonds is 11. The van der Waals surface area contributed by atoms with E-state index in [-0.39, 0.29) is 55.0 Å². The van der Waals surface area contributed by atoms with Gasteiger partial charge in [-0.3, -0.25) is 33.6 Å². The van der Waals surface area contributed by atoms with Crippen molar-refractivity contribution in [3.8, 4) is 0 Å².